The number of carbonyl (C=O) groups is 1. The summed E-state index contributed by atoms with van der Waals surface area (Å²) in [6.45, 7) is 5.93. The third-order valence-corrected chi connectivity index (χ3v) is 2.29. The fraction of sp³-hybridized carbons (Fsp3) is 0.286. The molecule has 2 rings (SSSR count). The Labute approximate surface area is 112 Å². The van der Waals surface area contributed by atoms with Crippen LogP contribution in [0.15, 0.2) is 36.5 Å². The van der Waals surface area contributed by atoms with Crippen molar-refractivity contribution in [2.75, 3.05) is 5.32 Å². The van der Waals surface area contributed by atoms with Crippen molar-refractivity contribution < 1.29 is 9.53 Å². The largest absolute Gasteiger partial charge is 0.488 e. The predicted octanol–water partition coefficient (Wildman–Crippen LogP) is 2.84. The molecule has 0 saturated heterocycles. The minimum absolute atomic E-state index is 0.188. The van der Waals surface area contributed by atoms with Gasteiger partial charge in [-0.15, -0.1) is 0 Å². The molecule has 0 aliphatic heterocycles. The van der Waals surface area contributed by atoms with E-state index >= 15 is 0 Å². The van der Waals surface area contributed by atoms with Crippen LogP contribution >= 0.6 is 0 Å². The van der Waals surface area contributed by atoms with E-state index in [0.717, 1.165) is 5.75 Å². The van der Waals surface area contributed by atoms with E-state index in [9.17, 15) is 4.79 Å². The molecule has 5 heteroatoms. The maximum Gasteiger partial charge on any atom is 0.256 e. The normalized spacial score (nSPS) is 11.1. The number of amides is 1. The zero-order chi connectivity index (χ0) is 13.9. The Hall–Kier alpha value is -2.30. The van der Waals surface area contributed by atoms with Gasteiger partial charge in [-0.3, -0.25) is 9.89 Å². The number of ether oxygens (including phenoxy) is 1. The average molecular weight is 259 g/mol. The van der Waals surface area contributed by atoms with Gasteiger partial charge in [-0.05, 0) is 45.0 Å². The lowest BCUT2D eigenvalue weighted by Gasteiger charge is -2.21. The van der Waals surface area contributed by atoms with Gasteiger partial charge >= 0.3 is 0 Å². The second kappa shape index (κ2) is 5.14. The number of anilines is 1. The molecule has 1 amide bonds. The topological polar surface area (TPSA) is 67.0 Å². The van der Waals surface area contributed by atoms with E-state index in [1.807, 2.05) is 20.8 Å². The maximum atomic E-state index is 11.9. The Kier molecular flexibility index (Phi) is 3.55. The molecule has 100 valence electrons. The van der Waals surface area contributed by atoms with Gasteiger partial charge < -0.3 is 10.1 Å². The van der Waals surface area contributed by atoms with E-state index in [0.29, 0.717) is 11.4 Å². The number of hydrogen-bond donors (Lipinski definition) is 2. The number of carbonyl (C=O) groups excluding carboxylic acids is 1. The van der Waals surface area contributed by atoms with Gasteiger partial charge in [-0.1, -0.05) is 0 Å². The van der Waals surface area contributed by atoms with Gasteiger partial charge in [0.1, 0.15) is 17.2 Å². The number of rotatable bonds is 3. The summed E-state index contributed by atoms with van der Waals surface area (Å²) in [5.41, 5.74) is 0.315. The number of aromatic amines is 1. The molecule has 0 fully saturated rings. The van der Waals surface area contributed by atoms with Crippen molar-refractivity contribution in [1.29, 1.82) is 0 Å². The molecule has 1 aromatic heterocycles. The first-order valence-corrected chi connectivity index (χ1v) is 6.04. The second-order valence-electron chi connectivity index (χ2n) is 5.16. The average Bonchev–Trinajstić information content (AvgIpc) is 2.80. The van der Waals surface area contributed by atoms with Gasteiger partial charge in [0.15, 0.2) is 0 Å². The molecule has 1 aromatic carbocycles. The number of nitrogens with zero attached hydrogens (tertiary/aromatic N) is 1. The highest BCUT2D eigenvalue weighted by molar-refractivity contribution is 6.03. The number of aromatic nitrogens is 2. The first-order valence-electron chi connectivity index (χ1n) is 6.04. The minimum Gasteiger partial charge on any atom is -0.488 e. The standard InChI is InChI=1S/C14H17N3O2/c1-14(2,3)19-11-6-4-10(5-7-11)13(18)16-12-8-9-15-17-12/h4-9H,1-3H3,(H2,15,16,17,18). The Morgan fingerprint density at radius 3 is 2.42 bits per heavy atom. The van der Waals surface area contributed by atoms with Crippen molar-refractivity contribution in [3.8, 4) is 5.75 Å². The van der Waals surface area contributed by atoms with Crippen LogP contribution in [0.25, 0.3) is 0 Å². The molecule has 2 N–H and O–H groups in total. The van der Waals surface area contributed by atoms with Crippen LogP contribution in [-0.2, 0) is 0 Å². The maximum absolute atomic E-state index is 11.9. The monoisotopic (exact) mass is 259 g/mol. The molecule has 0 unspecified atom stereocenters. The van der Waals surface area contributed by atoms with Crippen molar-refractivity contribution >= 4 is 11.7 Å². The van der Waals surface area contributed by atoms with Crippen LogP contribution in [0.2, 0.25) is 0 Å². The smallest absolute Gasteiger partial charge is 0.256 e. The SMILES string of the molecule is CC(C)(C)Oc1ccc(C(=O)Nc2ccn[nH]2)cc1. The fourth-order valence-corrected chi connectivity index (χ4v) is 1.55. The van der Waals surface area contributed by atoms with Crippen LogP contribution in [0.4, 0.5) is 5.82 Å². The summed E-state index contributed by atoms with van der Waals surface area (Å²) in [4.78, 5) is 11.9. The number of hydrogen-bond acceptors (Lipinski definition) is 3. The quantitative estimate of drug-likeness (QED) is 0.890. The van der Waals surface area contributed by atoms with E-state index in [1.54, 1.807) is 36.5 Å². The van der Waals surface area contributed by atoms with Gasteiger partial charge in [0.25, 0.3) is 5.91 Å². The van der Waals surface area contributed by atoms with E-state index in [1.165, 1.54) is 0 Å². The van der Waals surface area contributed by atoms with Crippen molar-refractivity contribution in [1.82, 2.24) is 10.2 Å². The molecule has 0 aliphatic carbocycles. The second-order valence-corrected chi connectivity index (χ2v) is 5.16. The summed E-state index contributed by atoms with van der Waals surface area (Å²) in [5, 5.41) is 9.15. The molecule has 0 aliphatic rings. The third kappa shape index (κ3) is 3.84. The Morgan fingerprint density at radius 2 is 1.89 bits per heavy atom. The van der Waals surface area contributed by atoms with E-state index in [4.69, 9.17) is 4.74 Å². The number of benzene rings is 1. The lowest BCUT2D eigenvalue weighted by molar-refractivity contribution is 0.102. The highest BCUT2D eigenvalue weighted by Gasteiger charge is 2.12. The predicted molar refractivity (Wildman–Crippen MR) is 73.4 cm³/mol. The summed E-state index contributed by atoms with van der Waals surface area (Å²) in [6, 6.07) is 8.72. The third-order valence-electron chi connectivity index (χ3n) is 2.29. The zero-order valence-corrected chi connectivity index (χ0v) is 11.2. The number of nitrogens with one attached hydrogen (secondary N) is 2. The van der Waals surface area contributed by atoms with Gasteiger partial charge in [0, 0.05) is 11.6 Å². The van der Waals surface area contributed by atoms with E-state index in [-0.39, 0.29) is 11.5 Å². The molecule has 0 bridgehead atoms. The van der Waals surface area contributed by atoms with Gasteiger partial charge in [0.2, 0.25) is 0 Å². The Morgan fingerprint density at radius 1 is 1.21 bits per heavy atom. The molecule has 19 heavy (non-hydrogen) atoms. The molecular weight excluding hydrogens is 242 g/mol. The van der Waals surface area contributed by atoms with Crippen LogP contribution in [-0.4, -0.2) is 21.7 Å². The highest BCUT2D eigenvalue weighted by atomic mass is 16.5. The first-order chi connectivity index (χ1) is 8.94. The van der Waals surface area contributed by atoms with Crippen molar-refractivity contribution in [2.24, 2.45) is 0 Å². The molecule has 0 spiro atoms. The zero-order valence-electron chi connectivity index (χ0n) is 11.2. The van der Waals surface area contributed by atoms with Gasteiger partial charge in [-0.2, -0.15) is 5.10 Å². The van der Waals surface area contributed by atoms with Crippen LogP contribution in [0.1, 0.15) is 31.1 Å². The number of H-pyrrole nitrogens is 1. The van der Waals surface area contributed by atoms with Crippen molar-refractivity contribution in [3.05, 3.63) is 42.1 Å². The fourth-order valence-electron chi connectivity index (χ4n) is 1.55. The van der Waals surface area contributed by atoms with Crippen molar-refractivity contribution in [2.45, 2.75) is 26.4 Å². The van der Waals surface area contributed by atoms with Crippen LogP contribution < -0.4 is 10.1 Å². The van der Waals surface area contributed by atoms with Gasteiger partial charge in [-0.25, -0.2) is 0 Å². The van der Waals surface area contributed by atoms with Crippen molar-refractivity contribution in [3.63, 3.8) is 0 Å². The molecule has 5 nitrogen and oxygen atoms in total. The van der Waals surface area contributed by atoms with Crippen LogP contribution in [0.3, 0.4) is 0 Å². The summed E-state index contributed by atoms with van der Waals surface area (Å²) >= 11 is 0. The Bertz CT molecular complexity index is 539. The molecular formula is C14H17N3O2. The summed E-state index contributed by atoms with van der Waals surface area (Å²) < 4.78 is 5.69. The lowest BCUT2D eigenvalue weighted by Crippen LogP contribution is -2.23. The van der Waals surface area contributed by atoms with E-state index in [2.05, 4.69) is 15.5 Å². The molecule has 0 saturated carbocycles. The Balaban J connectivity index is 2.04. The van der Waals surface area contributed by atoms with Crippen LogP contribution in [0, 0.1) is 0 Å². The molecule has 2 aromatic rings. The minimum atomic E-state index is -0.250. The van der Waals surface area contributed by atoms with E-state index < -0.39 is 0 Å². The highest BCUT2D eigenvalue weighted by Crippen LogP contribution is 2.18. The molecule has 0 atom stereocenters. The summed E-state index contributed by atoms with van der Waals surface area (Å²) in [5.74, 6) is 1.12. The molecule has 0 radical (unpaired) electrons. The molecule has 1 heterocycles. The summed E-state index contributed by atoms with van der Waals surface area (Å²) in [7, 11) is 0. The van der Waals surface area contributed by atoms with Crippen LogP contribution in [0.5, 0.6) is 5.75 Å². The lowest BCUT2D eigenvalue weighted by atomic mass is 10.1. The summed E-state index contributed by atoms with van der Waals surface area (Å²) in [6.07, 6.45) is 1.58. The first kappa shape index (κ1) is 13.1. The van der Waals surface area contributed by atoms with Gasteiger partial charge in [0.05, 0.1) is 6.20 Å².